The Balaban J connectivity index is 2.13. The summed E-state index contributed by atoms with van der Waals surface area (Å²) in [4.78, 5) is 0.722. The van der Waals surface area contributed by atoms with Gasteiger partial charge in [-0.15, -0.1) is 11.3 Å². The lowest BCUT2D eigenvalue weighted by atomic mass is 9.83. The van der Waals surface area contributed by atoms with Gasteiger partial charge in [-0.25, -0.2) is 13.1 Å². The van der Waals surface area contributed by atoms with E-state index in [-0.39, 0.29) is 17.5 Å². The van der Waals surface area contributed by atoms with Crippen molar-refractivity contribution in [3.8, 4) is 0 Å². The lowest BCUT2D eigenvalue weighted by Crippen LogP contribution is -2.43. The average Bonchev–Trinajstić information content (AvgIpc) is 2.63. The van der Waals surface area contributed by atoms with Crippen molar-refractivity contribution in [3.05, 3.63) is 16.3 Å². The molecule has 0 amide bonds. The zero-order valence-corrected chi connectivity index (χ0v) is 10.6. The molecular weight excluding hydrogens is 246 g/mol. The standard InChI is InChI=1S/C10H15NO3S2/c1-7-4-8(5-7)11-16(13,14)10-2-3-15-9(10)6-12/h2-3,7-8,11-12H,4-6H2,1H3. The summed E-state index contributed by atoms with van der Waals surface area (Å²) in [5, 5.41) is 10.7. The second kappa shape index (κ2) is 4.44. The fourth-order valence-corrected chi connectivity index (χ4v) is 4.52. The first-order valence-corrected chi connectivity index (χ1v) is 7.59. The van der Waals surface area contributed by atoms with Gasteiger partial charge in [-0.1, -0.05) is 6.92 Å². The van der Waals surface area contributed by atoms with Crippen LogP contribution < -0.4 is 4.72 Å². The fraction of sp³-hybridized carbons (Fsp3) is 0.600. The predicted octanol–water partition coefficient (Wildman–Crippen LogP) is 1.32. The van der Waals surface area contributed by atoms with Crippen molar-refractivity contribution < 1.29 is 13.5 Å². The zero-order valence-electron chi connectivity index (χ0n) is 9.01. The maximum atomic E-state index is 12.0. The molecule has 0 saturated heterocycles. The van der Waals surface area contributed by atoms with Crippen molar-refractivity contribution in [2.75, 3.05) is 0 Å². The van der Waals surface area contributed by atoms with Gasteiger partial charge >= 0.3 is 0 Å². The minimum absolute atomic E-state index is 0.0615. The van der Waals surface area contributed by atoms with Crippen molar-refractivity contribution in [3.63, 3.8) is 0 Å². The van der Waals surface area contributed by atoms with E-state index in [9.17, 15) is 8.42 Å². The van der Waals surface area contributed by atoms with Gasteiger partial charge in [0.05, 0.1) is 11.5 Å². The number of aliphatic hydroxyl groups excluding tert-OH is 1. The van der Waals surface area contributed by atoms with Gasteiger partial charge in [0.15, 0.2) is 0 Å². The minimum atomic E-state index is -3.44. The molecule has 1 aliphatic rings. The summed E-state index contributed by atoms with van der Waals surface area (Å²) in [5.74, 6) is 0.604. The first-order chi connectivity index (χ1) is 7.53. The number of aliphatic hydroxyl groups is 1. The van der Waals surface area contributed by atoms with E-state index in [0.29, 0.717) is 10.8 Å². The molecule has 1 heterocycles. The van der Waals surface area contributed by atoms with Crippen molar-refractivity contribution in [2.45, 2.75) is 37.3 Å². The van der Waals surface area contributed by atoms with Crippen LogP contribution in [0.25, 0.3) is 0 Å². The van der Waals surface area contributed by atoms with Crippen LogP contribution in [0.2, 0.25) is 0 Å². The van der Waals surface area contributed by atoms with Gasteiger partial charge in [0, 0.05) is 10.9 Å². The van der Waals surface area contributed by atoms with Crippen molar-refractivity contribution in [1.82, 2.24) is 4.72 Å². The molecule has 1 aromatic heterocycles. The maximum absolute atomic E-state index is 12.0. The molecule has 0 unspecified atom stereocenters. The van der Waals surface area contributed by atoms with E-state index >= 15 is 0 Å². The summed E-state index contributed by atoms with van der Waals surface area (Å²) in [5.41, 5.74) is 0. The van der Waals surface area contributed by atoms with E-state index in [1.807, 2.05) is 0 Å². The Morgan fingerprint density at radius 1 is 1.56 bits per heavy atom. The number of hydrogen-bond acceptors (Lipinski definition) is 4. The smallest absolute Gasteiger partial charge is 0.242 e. The third-order valence-corrected chi connectivity index (χ3v) is 5.47. The first kappa shape index (κ1) is 12.0. The SMILES string of the molecule is CC1CC(NS(=O)(=O)c2ccsc2CO)C1. The van der Waals surface area contributed by atoms with Gasteiger partial charge in [0.1, 0.15) is 0 Å². The molecule has 90 valence electrons. The maximum Gasteiger partial charge on any atom is 0.242 e. The van der Waals surface area contributed by atoms with Crippen LogP contribution in [0.3, 0.4) is 0 Å². The van der Waals surface area contributed by atoms with Crippen LogP contribution in [0, 0.1) is 5.92 Å². The second-order valence-corrected chi connectivity index (χ2v) is 6.94. The summed E-state index contributed by atoms with van der Waals surface area (Å²) in [6, 6.07) is 1.60. The lowest BCUT2D eigenvalue weighted by molar-refractivity contribution is 0.269. The normalized spacial score (nSPS) is 25.4. The monoisotopic (exact) mass is 261 g/mol. The van der Waals surface area contributed by atoms with Gasteiger partial charge in [0.25, 0.3) is 0 Å². The van der Waals surface area contributed by atoms with Gasteiger partial charge in [0.2, 0.25) is 10.0 Å². The molecule has 1 fully saturated rings. The molecule has 2 N–H and O–H groups in total. The van der Waals surface area contributed by atoms with Gasteiger partial charge in [-0.2, -0.15) is 0 Å². The number of hydrogen-bond donors (Lipinski definition) is 2. The van der Waals surface area contributed by atoms with Crippen molar-refractivity contribution >= 4 is 21.4 Å². The van der Waals surface area contributed by atoms with Gasteiger partial charge in [-0.05, 0) is 30.2 Å². The number of nitrogens with one attached hydrogen (secondary N) is 1. The van der Waals surface area contributed by atoms with Crippen LogP contribution in [-0.2, 0) is 16.6 Å². The summed E-state index contributed by atoms with van der Waals surface area (Å²) in [6.07, 6.45) is 1.80. The molecule has 1 aliphatic carbocycles. The molecule has 2 rings (SSSR count). The quantitative estimate of drug-likeness (QED) is 0.859. The highest BCUT2D eigenvalue weighted by Crippen LogP contribution is 2.29. The Morgan fingerprint density at radius 3 is 2.81 bits per heavy atom. The fourth-order valence-electron chi connectivity index (χ4n) is 1.97. The van der Waals surface area contributed by atoms with Crippen LogP contribution in [0.1, 0.15) is 24.6 Å². The van der Waals surface area contributed by atoms with Crippen molar-refractivity contribution in [1.29, 1.82) is 0 Å². The number of thiophene rings is 1. The molecule has 6 heteroatoms. The molecule has 0 radical (unpaired) electrons. The zero-order chi connectivity index (χ0) is 11.8. The third kappa shape index (κ3) is 2.29. The minimum Gasteiger partial charge on any atom is -0.391 e. The highest BCUT2D eigenvalue weighted by atomic mass is 32.2. The van der Waals surface area contributed by atoms with Crippen molar-refractivity contribution in [2.24, 2.45) is 5.92 Å². The van der Waals surface area contributed by atoms with Crippen LogP contribution >= 0.6 is 11.3 Å². The lowest BCUT2D eigenvalue weighted by Gasteiger charge is -2.32. The van der Waals surface area contributed by atoms with E-state index in [4.69, 9.17) is 5.11 Å². The van der Waals surface area contributed by atoms with Gasteiger partial charge < -0.3 is 5.11 Å². The topological polar surface area (TPSA) is 66.4 Å². The Bertz CT molecular complexity index is 460. The molecule has 0 spiro atoms. The Hall–Kier alpha value is -0.430. The number of rotatable bonds is 4. The molecule has 0 bridgehead atoms. The van der Waals surface area contributed by atoms with E-state index in [1.54, 1.807) is 11.4 Å². The highest BCUT2D eigenvalue weighted by Gasteiger charge is 2.30. The Labute approximate surface area is 99.4 Å². The second-order valence-electron chi connectivity index (χ2n) is 4.26. The molecule has 1 aromatic rings. The summed E-state index contributed by atoms with van der Waals surface area (Å²) >= 11 is 1.26. The van der Waals surface area contributed by atoms with E-state index in [2.05, 4.69) is 11.6 Å². The Kier molecular flexibility index (Phi) is 3.34. The number of sulfonamides is 1. The van der Waals surface area contributed by atoms with E-state index < -0.39 is 10.0 Å². The highest BCUT2D eigenvalue weighted by molar-refractivity contribution is 7.89. The largest absolute Gasteiger partial charge is 0.391 e. The molecule has 16 heavy (non-hydrogen) atoms. The van der Waals surface area contributed by atoms with Gasteiger partial charge in [-0.3, -0.25) is 0 Å². The summed E-state index contributed by atoms with van der Waals surface area (Å²) in [6.45, 7) is 1.88. The van der Waals surface area contributed by atoms with Crippen LogP contribution in [0.5, 0.6) is 0 Å². The summed E-state index contributed by atoms with van der Waals surface area (Å²) in [7, 11) is -3.44. The van der Waals surface area contributed by atoms with E-state index in [1.165, 1.54) is 11.3 Å². The molecule has 4 nitrogen and oxygen atoms in total. The third-order valence-electron chi connectivity index (χ3n) is 2.83. The predicted molar refractivity (Wildman–Crippen MR) is 62.7 cm³/mol. The van der Waals surface area contributed by atoms with E-state index in [0.717, 1.165) is 12.8 Å². The average molecular weight is 261 g/mol. The molecule has 0 atom stereocenters. The molecule has 0 aromatic carbocycles. The molecular formula is C10H15NO3S2. The Morgan fingerprint density at radius 2 is 2.25 bits per heavy atom. The summed E-state index contributed by atoms with van der Waals surface area (Å²) < 4.78 is 26.6. The first-order valence-electron chi connectivity index (χ1n) is 5.22. The van der Waals surface area contributed by atoms with Crippen LogP contribution in [0.4, 0.5) is 0 Å². The van der Waals surface area contributed by atoms with Crippen LogP contribution in [0.15, 0.2) is 16.3 Å². The molecule has 1 saturated carbocycles. The molecule has 0 aliphatic heterocycles. The van der Waals surface area contributed by atoms with Crippen LogP contribution in [-0.4, -0.2) is 19.6 Å².